The van der Waals surface area contributed by atoms with Crippen LogP contribution in [0.3, 0.4) is 0 Å². The van der Waals surface area contributed by atoms with Crippen LogP contribution in [-0.4, -0.2) is 19.1 Å². The van der Waals surface area contributed by atoms with E-state index in [1.54, 1.807) is 0 Å². The van der Waals surface area contributed by atoms with Crippen LogP contribution in [-0.2, 0) is 0 Å². The minimum Gasteiger partial charge on any atom is -0.309 e. The van der Waals surface area contributed by atoms with Crippen molar-refractivity contribution in [2.75, 3.05) is 0 Å². The van der Waals surface area contributed by atoms with Gasteiger partial charge in [0.1, 0.15) is 0 Å². The highest BCUT2D eigenvalue weighted by Crippen LogP contribution is 2.44. The average molecular weight is 763 g/mol. The first kappa shape index (κ1) is 32.9. The van der Waals surface area contributed by atoms with E-state index >= 15 is 0 Å². The van der Waals surface area contributed by atoms with Crippen LogP contribution < -0.4 is 0 Å². The predicted octanol–water partition coefficient (Wildman–Crippen LogP) is 14.6. The number of aromatic nitrogens is 4. The first-order valence-electron chi connectivity index (χ1n) is 20.5. The molecule has 0 saturated carbocycles. The van der Waals surface area contributed by atoms with E-state index in [1.165, 1.54) is 64.9 Å². The van der Waals surface area contributed by atoms with Crippen molar-refractivity contribution in [1.29, 1.82) is 0 Å². The molecule has 0 aliphatic heterocycles. The fourth-order valence-electron chi connectivity index (χ4n) is 9.92. The topological polar surface area (TPSA) is 35.6 Å². The first-order valence-corrected chi connectivity index (χ1v) is 20.5. The van der Waals surface area contributed by atoms with Crippen LogP contribution in [0.4, 0.5) is 0 Å². The van der Waals surface area contributed by atoms with Crippen molar-refractivity contribution in [3.05, 3.63) is 206 Å². The summed E-state index contributed by atoms with van der Waals surface area (Å²) in [4.78, 5) is 10.3. The van der Waals surface area contributed by atoms with Crippen molar-refractivity contribution in [2.24, 2.45) is 0 Å². The van der Waals surface area contributed by atoms with Crippen LogP contribution in [0.25, 0.3) is 121 Å². The average Bonchev–Trinajstić information content (AvgIpc) is 3.84. The van der Waals surface area contributed by atoms with E-state index < -0.39 is 0 Å². The van der Waals surface area contributed by atoms with Crippen molar-refractivity contribution >= 4 is 86.8 Å². The van der Waals surface area contributed by atoms with Crippen molar-refractivity contribution in [3.8, 4) is 34.0 Å². The molecule has 0 spiro atoms. The number of rotatable bonds is 4. The maximum absolute atomic E-state index is 5.22. The Bertz CT molecular complexity index is 3860. The second-order valence-corrected chi connectivity index (χ2v) is 15.7. The number of nitrogens with zero attached hydrogens (tertiary/aromatic N) is 4. The third kappa shape index (κ3) is 4.73. The van der Waals surface area contributed by atoms with Crippen LogP contribution >= 0.6 is 0 Å². The van der Waals surface area contributed by atoms with E-state index in [9.17, 15) is 0 Å². The molecule has 3 heterocycles. The summed E-state index contributed by atoms with van der Waals surface area (Å²) in [5.74, 6) is 0.705. The van der Waals surface area contributed by atoms with Gasteiger partial charge in [-0.3, -0.25) is 0 Å². The smallest absolute Gasteiger partial charge is 0.160 e. The van der Waals surface area contributed by atoms with E-state index in [0.717, 1.165) is 50.1 Å². The van der Waals surface area contributed by atoms with Crippen LogP contribution in [0.15, 0.2) is 206 Å². The van der Waals surface area contributed by atoms with Gasteiger partial charge in [0.2, 0.25) is 0 Å². The Kier molecular flexibility index (Phi) is 6.98. The van der Waals surface area contributed by atoms with Gasteiger partial charge in [0.25, 0.3) is 0 Å². The molecule has 0 amide bonds. The number of hydrogen-bond donors (Lipinski definition) is 0. The molecule has 3 aromatic heterocycles. The second kappa shape index (κ2) is 12.7. The van der Waals surface area contributed by atoms with Crippen LogP contribution in [0.5, 0.6) is 0 Å². The molecule has 0 fully saturated rings. The molecule has 4 heteroatoms. The highest BCUT2D eigenvalue weighted by Gasteiger charge is 2.22. The highest BCUT2D eigenvalue weighted by atomic mass is 15.0. The summed E-state index contributed by atoms with van der Waals surface area (Å²) in [6, 6.07) is 74.3. The summed E-state index contributed by atoms with van der Waals surface area (Å²) in [5.41, 5.74) is 10.8. The molecule has 10 aromatic carbocycles. The molecule has 60 heavy (non-hydrogen) atoms. The van der Waals surface area contributed by atoms with Crippen molar-refractivity contribution in [2.45, 2.75) is 0 Å². The van der Waals surface area contributed by atoms with Gasteiger partial charge in [-0.2, -0.15) is 0 Å². The zero-order valence-corrected chi connectivity index (χ0v) is 32.4. The molecule has 0 radical (unpaired) electrons. The number of hydrogen-bond acceptors (Lipinski definition) is 2. The maximum atomic E-state index is 5.22. The van der Waals surface area contributed by atoms with Gasteiger partial charge in [0.05, 0.1) is 33.3 Å². The van der Waals surface area contributed by atoms with Gasteiger partial charge in [-0.25, -0.2) is 9.97 Å². The number of fused-ring (bicyclic) bond motifs is 14. The monoisotopic (exact) mass is 762 g/mol. The normalized spacial score (nSPS) is 12.0. The predicted molar refractivity (Wildman–Crippen MR) is 252 cm³/mol. The Labute approximate surface area is 344 Å². The largest absolute Gasteiger partial charge is 0.309 e. The van der Waals surface area contributed by atoms with Gasteiger partial charge < -0.3 is 9.13 Å². The first-order chi connectivity index (χ1) is 29.8. The van der Waals surface area contributed by atoms with Crippen LogP contribution in [0.1, 0.15) is 0 Å². The third-order valence-corrected chi connectivity index (χ3v) is 12.5. The molecular formula is C56H34N4. The molecule has 278 valence electrons. The molecular weight excluding hydrogens is 729 g/mol. The minimum absolute atomic E-state index is 0.705. The van der Waals surface area contributed by atoms with Crippen LogP contribution in [0.2, 0.25) is 0 Å². The van der Waals surface area contributed by atoms with Crippen molar-refractivity contribution in [3.63, 3.8) is 0 Å². The lowest BCUT2D eigenvalue weighted by molar-refractivity contribution is 1.17. The minimum atomic E-state index is 0.705. The molecule has 0 aliphatic carbocycles. The van der Waals surface area contributed by atoms with E-state index in [-0.39, 0.29) is 0 Å². The lowest BCUT2D eigenvalue weighted by Crippen LogP contribution is -1.98. The summed E-state index contributed by atoms with van der Waals surface area (Å²) >= 11 is 0. The van der Waals surface area contributed by atoms with E-state index in [2.05, 4.69) is 203 Å². The molecule has 0 bridgehead atoms. The molecule has 0 aliphatic rings. The molecule has 13 rings (SSSR count). The molecule has 0 unspecified atom stereocenters. The van der Waals surface area contributed by atoms with Crippen molar-refractivity contribution < 1.29 is 0 Å². The molecule has 0 atom stereocenters. The summed E-state index contributed by atoms with van der Waals surface area (Å²) in [6.45, 7) is 0. The zero-order chi connectivity index (χ0) is 39.3. The van der Waals surface area contributed by atoms with E-state index in [1.807, 2.05) is 12.1 Å². The fraction of sp³-hybridized carbons (Fsp3) is 0. The van der Waals surface area contributed by atoms with Gasteiger partial charge in [-0.1, -0.05) is 152 Å². The maximum Gasteiger partial charge on any atom is 0.160 e. The zero-order valence-electron chi connectivity index (χ0n) is 32.4. The lowest BCUT2D eigenvalue weighted by atomic mass is 9.94. The summed E-state index contributed by atoms with van der Waals surface area (Å²) < 4.78 is 4.87. The molecule has 0 N–H and O–H groups in total. The Morgan fingerprint density at radius 2 is 0.767 bits per heavy atom. The van der Waals surface area contributed by atoms with Gasteiger partial charge in [0, 0.05) is 49.4 Å². The Morgan fingerprint density at radius 3 is 1.40 bits per heavy atom. The highest BCUT2D eigenvalue weighted by molar-refractivity contribution is 6.29. The van der Waals surface area contributed by atoms with Gasteiger partial charge >= 0.3 is 0 Å². The van der Waals surface area contributed by atoms with Crippen molar-refractivity contribution in [1.82, 2.24) is 19.1 Å². The fourth-order valence-corrected chi connectivity index (χ4v) is 9.92. The van der Waals surface area contributed by atoms with Gasteiger partial charge in [-0.15, -0.1) is 0 Å². The lowest BCUT2D eigenvalue weighted by Gasteiger charge is -2.14. The van der Waals surface area contributed by atoms with Gasteiger partial charge in [0.15, 0.2) is 5.82 Å². The quantitative estimate of drug-likeness (QED) is 0.167. The number of para-hydroxylation sites is 3. The Morgan fingerprint density at radius 1 is 0.283 bits per heavy atom. The summed E-state index contributed by atoms with van der Waals surface area (Å²) in [7, 11) is 0. The Hall–Kier alpha value is -8.08. The third-order valence-electron chi connectivity index (χ3n) is 12.5. The van der Waals surface area contributed by atoms with E-state index in [0.29, 0.717) is 5.82 Å². The van der Waals surface area contributed by atoms with Gasteiger partial charge in [-0.05, 0) is 86.9 Å². The summed E-state index contributed by atoms with van der Waals surface area (Å²) in [6.07, 6.45) is 0. The van der Waals surface area contributed by atoms with Crippen LogP contribution in [0, 0.1) is 0 Å². The molecule has 0 saturated heterocycles. The number of benzene rings is 10. The standard InChI is InChI=1S/C56H34N4/c1-2-15-35(16-3-1)55-44-23-8-11-26-48(44)57-56(58-55)36-17-14-18-37(33-36)59-49-27-12-9-24-45(49)53-51(59)31-32-52-54(53)46-25-10-13-28-50(46)60(52)38-29-30-43-41-21-5-4-19-39(41)40-20-6-7-22-42(40)47(43)34-38/h1-34H. The second-order valence-electron chi connectivity index (χ2n) is 15.7. The Balaban J connectivity index is 1.05. The molecule has 13 aromatic rings. The SMILES string of the molecule is c1ccc(-c2nc(-c3cccc(-n4c5ccccc5c5c6c7ccccc7n(-c7ccc8c9ccccc9c9ccccc9c8c7)c6ccc54)c3)nc3ccccc23)cc1. The summed E-state index contributed by atoms with van der Waals surface area (Å²) in [5, 5.41) is 13.6. The van der Waals surface area contributed by atoms with E-state index in [4.69, 9.17) is 9.97 Å². The molecule has 4 nitrogen and oxygen atoms in total.